The maximum atomic E-state index is 12.6. The Kier molecular flexibility index (Phi) is 7.69. The summed E-state index contributed by atoms with van der Waals surface area (Å²) in [6, 6.07) is 0.320. The molecule has 2 aromatic rings. The predicted molar refractivity (Wildman–Crippen MR) is 121 cm³/mol. The van der Waals surface area contributed by atoms with E-state index in [0.29, 0.717) is 36.8 Å². The van der Waals surface area contributed by atoms with E-state index >= 15 is 0 Å². The Hall–Kier alpha value is -2.42. The topological polar surface area (TPSA) is 105 Å². The van der Waals surface area contributed by atoms with Crippen molar-refractivity contribution in [2.75, 3.05) is 13.1 Å². The molecule has 3 rings (SSSR count). The molecule has 31 heavy (non-hydrogen) atoms. The molecule has 2 aromatic heterocycles. The number of carbonyl (C=O) groups is 1. The van der Waals surface area contributed by atoms with Crippen molar-refractivity contribution in [3.05, 3.63) is 26.7 Å². The molecule has 0 radical (unpaired) electrons. The van der Waals surface area contributed by atoms with E-state index in [1.807, 2.05) is 7.05 Å². The molecule has 0 spiro atoms. The lowest BCUT2D eigenvalue weighted by molar-refractivity contribution is -0.127. The van der Waals surface area contributed by atoms with Gasteiger partial charge in [0, 0.05) is 32.7 Å². The predicted octanol–water partition coefficient (Wildman–Crippen LogP) is 1.74. The number of nitrogens with zero attached hydrogens (tertiary/aromatic N) is 4. The van der Waals surface area contributed by atoms with Gasteiger partial charge in [-0.25, -0.2) is 9.78 Å². The van der Waals surface area contributed by atoms with Crippen molar-refractivity contribution in [2.24, 2.45) is 13.0 Å². The molecule has 0 bridgehead atoms. The standard InChI is InChI=1S/C22H36N6O3/c1-5-7-11-23-20(29)16-10-9-15(3)27(13-16)14-17-24-19-18(26(17)4)21(30)25-22(31)28(19)12-8-6-2/h15-16H,5-14H2,1-4H3,(H,23,29)(H,25,30,31). The van der Waals surface area contributed by atoms with Gasteiger partial charge in [0.2, 0.25) is 5.91 Å². The molecule has 2 unspecified atom stereocenters. The summed E-state index contributed by atoms with van der Waals surface area (Å²) < 4.78 is 3.35. The van der Waals surface area contributed by atoms with Crippen molar-refractivity contribution in [3.8, 4) is 0 Å². The van der Waals surface area contributed by atoms with E-state index in [1.54, 1.807) is 9.13 Å². The molecule has 1 saturated heterocycles. The Bertz CT molecular complexity index is 1020. The smallest absolute Gasteiger partial charge is 0.330 e. The van der Waals surface area contributed by atoms with E-state index < -0.39 is 11.2 Å². The summed E-state index contributed by atoms with van der Waals surface area (Å²) in [4.78, 5) is 46.8. The molecular formula is C22H36N6O3. The van der Waals surface area contributed by atoms with Crippen LogP contribution in [0.4, 0.5) is 0 Å². The molecule has 0 saturated carbocycles. The van der Waals surface area contributed by atoms with E-state index in [4.69, 9.17) is 4.98 Å². The molecule has 1 aliphatic heterocycles. The van der Waals surface area contributed by atoms with Crippen molar-refractivity contribution in [3.63, 3.8) is 0 Å². The monoisotopic (exact) mass is 432 g/mol. The van der Waals surface area contributed by atoms with Crippen LogP contribution in [0.1, 0.15) is 65.1 Å². The lowest BCUT2D eigenvalue weighted by atomic mass is 9.92. The summed E-state index contributed by atoms with van der Waals surface area (Å²) in [5.41, 5.74) is 0.0436. The number of aromatic amines is 1. The molecule has 9 nitrogen and oxygen atoms in total. The number of hydrogen-bond acceptors (Lipinski definition) is 5. The van der Waals surface area contributed by atoms with Crippen molar-refractivity contribution >= 4 is 17.1 Å². The molecule has 9 heteroatoms. The van der Waals surface area contributed by atoms with Crippen LogP contribution in [-0.2, 0) is 24.9 Å². The summed E-state index contributed by atoms with van der Waals surface area (Å²) in [7, 11) is 1.82. The van der Waals surface area contributed by atoms with Crippen LogP contribution in [0.15, 0.2) is 9.59 Å². The SMILES string of the molecule is CCCCNC(=O)C1CCC(C)N(Cc2nc3c(c(=O)[nH]c(=O)n3CCCC)n2C)C1. The number of fused-ring (bicyclic) bond motifs is 1. The van der Waals surface area contributed by atoms with Gasteiger partial charge in [-0.1, -0.05) is 26.7 Å². The van der Waals surface area contributed by atoms with Gasteiger partial charge in [0.15, 0.2) is 11.2 Å². The molecule has 2 atom stereocenters. The van der Waals surface area contributed by atoms with Crippen molar-refractivity contribution < 1.29 is 4.79 Å². The zero-order valence-electron chi connectivity index (χ0n) is 19.2. The minimum absolute atomic E-state index is 0.0334. The van der Waals surface area contributed by atoms with Crippen LogP contribution >= 0.6 is 0 Å². The minimum atomic E-state index is -0.411. The van der Waals surface area contributed by atoms with Gasteiger partial charge >= 0.3 is 5.69 Å². The summed E-state index contributed by atoms with van der Waals surface area (Å²) in [6.45, 7) is 8.79. The largest absolute Gasteiger partial charge is 0.356 e. The van der Waals surface area contributed by atoms with Crippen LogP contribution in [0.2, 0.25) is 0 Å². The molecule has 1 aliphatic rings. The van der Waals surface area contributed by atoms with Gasteiger partial charge < -0.3 is 9.88 Å². The Morgan fingerprint density at radius 1 is 1.19 bits per heavy atom. The van der Waals surface area contributed by atoms with Crippen LogP contribution in [0, 0.1) is 5.92 Å². The third-order valence-corrected chi connectivity index (χ3v) is 6.40. The second-order valence-corrected chi connectivity index (χ2v) is 8.72. The van der Waals surface area contributed by atoms with E-state index in [0.717, 1.165) is 50.9 Å². The van der Waals surface area contributed by atoms with Gasteiger partial charge in [0.1, 0.15) is 5.82 Å². The molecule has 2 N–H and O–H groups in total. The third kappa shape index (κ3) is 5.08. The average molecular weight is 433 g/mol. The van der Waals surface area contributed by atoms with Crippen molar-refractivity contribution in [2.45, 2.75) is 78.4 Å². The Morgan fingerprint density at radius 3 is 2.65 bits per heavy atom. The van der Waals surface area contributed by atoms with Crippen LogP contribution in [0.25, 0.3) is 11.2 Å². The van der Waals surface area contributed by atoms with Gasteiger partial charge in [-0.2, -0.15) is 0 Å². The normalized spacial score (nSPS) is 19.7. The summed E-state index contributed by atoms with van der Waals surface area (Å²) in [6.07, 6.45) is 5.66. The van der Waals surface area contributed by atoms with Gasteiger partial charge in [-0.15, -0.1) is 0 Å². The first-order chi connectivity index (χ1) is 14.9. The lowest BCUT2D eigenvalue weighted by Gasteiger charge is -2.37. The molecule has 0 aliphatic carbocycles. The number of hydrogen-bond donors (Lipinski definition) is 2. The first-order valence-corrected chi connectivity index (χ1v) is 11.6. The molecular weight excluding hydrogens is 396 g/mol. The highest BCUT2D eigenvalue weighted by Gasteiger charge is 2.31. The maximum absolute atomic E-state index is 12.6. The fourth-order valence-corrected chi connectivity index (χ4v) is 4.28. The molecule has 0 aromatic carbocycles. The first-order valence-electron chi connectivity index (χ1n) is 11.6. The third-order valence-electron chi connectivity index (χ3n) is 6.40. The second-order valence-electron chi connectivity index (χ2n) is 8.72. The molecule has 1 fully saturated rings. The number of aromatic nitrogens is 4. The quantitative estimate of drug-likeness (QED) is 0.587. The Labute approximate surface area is 182 Å². The number of carbonyl (C=O) groups excluding carboxylic acids is 1. The lowest BCUT2D eigenvalue weighted by Crippen LogP contribution is -2.46. The second kappa shape index (κ2) is 10.3. The summed E-state index contributed by atoms with van der Waals surface area (Å²) >= 11 is 0. The number of nitrogens with one attached hydrogen (secondary N) is 2. The zero-order chi connectivity index (χ0) is 22.5. The van der Waals surface area contributed by atoms with Crippen LogP contribution < -0.4 is 16.6 Å². The van der Waals surface area contributed by atoms with E-state index in [2.05, 4.69) is 36.0 Å². The summed E-state index contributed by atoms with van der Waals surface area (Å²) in [5, 5.41) is 3.06. The van der Waals surface area contributed by atoms with Crippen molar-refractivity contribution in [1.82, 2.24) is 29.3 Å². The number of aryl methyl sites for hydroxylation is 2. The highest BCUT2D eigenvalue weighted by Crippen LogP contribution is 2.24. The number of imidazole rings is 1. The van der Waals surface area contributed by atoms with Gasteiger partial charge in [-0.3, -0.25) is 24.0 Å². The van der Waals surface area contributed by atoms with Gasteiger partial charge in [-0.05, 0) is 32.6 Å². The van der Waals surface area contributed by atoms with Gasteiger partial charge in [0.05, 0.1) is 12.5 Å². The fraction of sp³-hybridized carbons (Fsp3) is 0.727. The van der Waals surface area contributed by atoms with E-state index in [9.17, 15) is 14.4 Å². The number of likely N-dealkylation sites (tertiary alicyclic amines) is 1. The minimum Gasteiger partial charge on any atom is -0.356 e. The van der Waals surface area contributed by atoms with Crippen LogP contribution in [-0.4, -0.2) is 49.0 Å². The number of rotatable bonds is 9. The van der Waals surface area contributed by atoms with Crippen LogP contribution in [0.3, 0.4) is 0 Å². The molecule has 172 valence electrons. The Morgan fingerprint density at radius 2 is 1.94 bits per heavy atom. The first kappa shape index (κ1) is 23.2. The number of piperidine rings is 1. The van der Waals surface area contributed by atoms with E-state index in [-0.39, 0.29) is 11.8 Å². The average Bonchev–Trinajstić information content (AvgIpc) is 3.06. The number of H-pyrrole nitrogens is 1. The van der Waals surface area contributed by atoms with Gasteiger partial charge in [0.25, 0.3) is 5.56 Å². The van der Waals surface area contributed by atoms with Crippen molar-refractivity contribution in [1.29, 1.82) is 0 Å². The number of unbranched alkanes of at least 4 members (excludes halogenated alkanes) is 2. The number of amides is 1. The molecule has 3 heterocycles. The summed E-state index contributed by atoms with van der Waals surface area (Å²) in [5.74, 6) is 0.823. The van der Waals surface area contributed by atoms with Crippen LogP contribution in [0.5, 0.6) is 0 Å². The highest BCUT2D eigenvalue weighted by atomic mass is 16.2. The fourth-order valence-electron chi connectivity index (χ4n) is 4.28. The Balaban J connectivity index is 1.84. The highest BCUT2D eigenvalue weighted by molar-refractivity contribution is 5.79. The zero-order valence-corrected chi connectivity index (χ0v) is 19.2. The van der Waals surface area contributed by atoms with E-state index in [1.165, 1.54) is 0 Å². The maximum Gasteiger partial charge on any atom is 0.330 e. The molecule has 1 amide bonds.